The first kappa shape index (κ1) is 14.7. The summed E-state index contributed by atoms with van der Waals surface area (Å²) in [5, 5.41) is 2.49. The summed E-state index contributed by atoms with van der Waals surface area (Å²) in [5.41, 5.74) is 6.31. The zero-order valence-corrected chi connectivity index (χ0v) is 10.3. The third-order valence-corrected chi connectivity index (χ3v) is 1.99. The van der Waals surface area contributed by atoms with Crippen LogP contribution in [0.15, 0.2) is 17.1 Å². The first-order valence-corrected chi connectivity index (χ1v) is 4.65. The molecule has 0 saturated heterocycles. The summed E-state index contributed by atoms with van der Waals surface area (Å²) in [7, 11) is 1.64. The summed E-state index contributed by atoms with van der Waals surface area (Å²) in [6, 6.07) is 0.998. The lowest BCUT2D eigenvalue weighted by Crippen LogP contribution is -2.35. The number of hydrogen-bond acceptors (Lipinski definition) is 3. The molecule has 16 heavy (non-hydrogen) atoms. The lowest BCUT2D eigenvalue weighted by molar-refractivity contribution is -0.117. The number of carbonyl (C=O) groups is 1. The summed E-state index contributed by atoms with van der Waals surface area (Å²) in [4.78, 5) is 22.9. The SMILES string of the molecule is Cc1cc(NC(=O)[C@H](C)N)c(=O)n(C)c1.Cl. The number of nitrogens with zero attached hydrogens (tertiary/aromatic N) is 1. The number of pyridine rings is 1. The molecule has 0 aliphatic carbocycles. The second-order valence-electron chi connectivity index (χ2n) is 3.63. The number of nitrogens with one attached hydrogen (secondary N) is 1. The van der Waals surface area contributed by atoms with Gasteiger partial charge in [-0.15, -0.1) is 12.4 Å². The molecule has 5 nitrogen and oxygen atoms in total. The molecule has 0 unspecified atom stereocenters. The lowest BCUT2D eigenvalue weighted by atomic mass is 10.2. The van der Waals surface area contributed by atoms with Crippen LogP contribution in [0.4, 0.5) is 5.69 Å². The van der Waals surface area contributed by atoms with Gasteiger partial charge in [0.05, 0.1) is 6.04 Å². The Hall–Kier alpha value is -1.33. The molecule has 0 radical (unpaired) electrons. The van der Waals surface area contributed by atoms with Gasteiger partial charge in [0.1, 0.15) is 5.69 Å². The Morgan fingerprint density at radius 3 is 2.62 bits per heavy atom. The molecule has 0 saturated carbocycles. The van der Waals surface area contributed by atoms with E-state index >= 15 is 0 Å². The van der Waals surface area contributed by atoms with Crippen molar-refractivity contribution in [2.75, 3.05) is 5.32 Å². The van der Waals surface area contributed by atoms with Crippen LogP contribution in [0.25, 0.3) is 0 Å². The van der Waals surface area contributed by atoms with Gasteiger partial charge in [-0.3, -0.25) is 9.59 Å². The minimum atomic E-state index is -0.629. The van der Waals surface area contributed by atoms with Crippen LogP contribution in [0.5, 0.6) is 0 Å². The molecule has 0 aliphatic rings. The van der Waals surface area contributed by atoms with Crippen molar-refractivity contribution >= 4 is 24.0 Å². The van der Waals surface area contributed by atoms with Crippen molar-refractivity contribution in [3.8, 4) is 0 Å². The molecule has 1 aromatic heterocycles. The summed E-state index contributed by atoms with van der Waals surface area (Å²) in [5.74, 6) is -0.363. The van der Waals surface area contributed by atoms with Gasteiger partial charge in [-0.05, 0) is 25.5 Å². The van der Waals surface area contributed by atoms with Crippen LogP contribution in [0.1, 0.15) is 12.5 Å². The predicted molar refractivity (Wildman–Crippen MR) is 65.9 cm³/mol. The zero-order valence-electron chi connectivity index (χ0n) is 9.48. The number of hydrogen-bond donors (Lipinski definition) is 2. The summed E-state index contributed by atoms with van der Waals surface area (Å²) in [6.45, 7) is 3.41. The molecule has 0 bridgehead atoms. The van der Waals surface area contributed by atoms with Gasteiger partial charge < -0.3 is 15.6 Å². The van der Waals surface area contributed by atoms with Crippen LogP contribution in [-0.2, 0) is 11.8 Å². The molecule has 1 amide bonds. The first-order valence-electron chi connectivity index (χ1n) is 4.65. The average Bonchev–Trinajstić information content (AvgIpc) is 2.13. The van der Waals surface area contributed by atoms with E-state index in [1.165, 1.54) is 4.57 Å². The van der Waals surface area contributed by atoms with Crippen molar-refractivity contribution < 1.29 is 4.79 Å². The maximum absolute atomic E-state index is 11.6. The fourth-order valence-electron chi connectivity index (χ4n) is 1.22. The number of rotatable bonds is 2. The van der Waals surface area contributed by atoms with Crippen LogP contribution >= 0.6 is 12.4 Å². The van der Waals surface area contributed by atoms with Crippen molar-refractivity contribution in [1.29, 1.82) is 0 Å². The Labute approximate surface area is 100 Å². The second-order valence-corrected chi connectivity index (χ2v) is 3.63. The van der Waals surface area contributed by atoms with E-state index in [0.29, 0.717) is 0 Å². The van der Waals surface area contributed by atoms with Gasteiger partial charge in [0.15, 0.2) is 0 Å². The quantitative estimate of drug-likeness (QED) is 0.792. The molecule has 1 rings (SSSR count). The Morgan fingerprint density at radius 1 is 1.56 bits per heavy atom. The molecular formula is C10H16ClN3O2. The van der Waals surface area contributed by atoms with Gasteiger partial charge in [-0.1, -0.05) is 0 Å². The van der Waals surface area contributed by atoms with E-state index in [9.17, 15) is 9.59 Å². The van der Waals surface area contributed by atoms with Gasteiger partial charge in [-0.25, -0.2) is 0 Å². The highest BCUT2D eigenvalue weighted by atomic mass is 35.5. The highest BCUT2D eigenvalue weighted by molar-refractivity contribution is 5.94. The van der Waals surface area contributed by atoms with E-state index in [-0.39, 0.29) is 29.6 Å². The smallest absolute Gasteiger partial charge is 0.274 e. The molecule has 1 atom stereocenters. The number of halogens is 1. The number of carbonyl (C=O) groups excluding carboxylic acids is 1. The van der Waals surface area contributed by atoms with Gasteiger partial charge in [0.25, 0.3) is 5.56 Å². The number of amides is 1. The highest BCUT2D eigenvalue weighted by Gasteiger charge is 2.10. The third kappa shape index (κ3) is 3.36. The molecule has 1 heterocycles. The maximum Gasteiger partial charge on any atom is 0.274 e. The van der Waals surface area contributed by atoms with Gasteiger partial charge in [0, 0.05) is 13.2 Å². The number of anilines is 1. The van der Waals surface area contributed by atoms with Crippen molar-refractivity contribution in [2.24, 2.45) is 12.8 Å². The van der Waals surface area contributed by atoms with E-state index in [4.69, 9.17) is 5.73 Å². The van der Waals surface area contributed by atoms with Crippen LogP contribution < -0.4 is 16.6 Å². The van der Waals surface area contributed by atoms with Crippen molar-refractivity contribution in [1.82, 2.24) is 4.57 Å². The van der Waals surface area contributed by atoms with E-state index in [0.717, 1.165) is 5.56 Å². The third-order valence-electron chi connectivity index (χ3n) is 1.99. The fraction of sp³-hybridized carbons (Fsp3) is 0.400. The zero-order chi connectivity index (χ0) is 11.6. The molecule has 0 aromatic carbocycles. The first-order chi connectivity index (χ1) is 6.91. The average molecular weight is 246 g/mol. The van der Waals surface area contributed by atoms with E-state index in [1.807, 2.05) is 6.92 Å². The van der Waals surface area contributed by atoms with Crippen molar-refractivity contribution in [2.45, 2.75) is 19.9 Å². The number of nitrogens with two attached hydrogens (primary N) is 1. The Bertz CT molecular complexity index is 440. The van der Waals surface area contributed by atoms with Crippen LogP contribution in [0.3, 0.4) is 0 Å². The van der Waals surface area contributed by atoms with Gasteiger partial charge in [-0.2, -0.15) is 0 Å². The highest BCUT2D eigenvalue weighted by Crippen LogP contribution is 2.03. The minimum absolute atomic E-state index is 0. The molecule has 0 spiro atoms. The van der Waals surface area contributed by atoms with Gasteiger partial charge >= 0.3 is 0 Å². The van der Waals surface area contributed by atoms with Crippen LogP contribution in [0.2, 0.25) is 0 Å². The van der Waals surface area contributed by atoms with Crippen molar-refractivity contribution in [3.63, 3.8) is 0 Å². The molecule has 0 fully saturated rings. The molecule has 3 N–H and O–H groups in total. The Morgan fingerprint density at radius 2 is 2.12 bits per heavy atom. The van der Waals surface area contributed by atoms with Crippen LogP contribution in [0, 0.1) is 6.92 Å². The Balaban J connectivity index is 0.00000225. The topological polar surface area (TPSA) is 77.1 Å². The normalized spacial score (nSPS) is 11.5. The van der Waals surface area contributed by atoms with Crippen molar-refractivity contribution in [3.05, 3.63) is 28.2 Å². The van der Waals surface area contributed by atoms with E-state index < -0.39 is 6.04 Å². The van der Waals surface area contributed by atoms with Gasteiger partial charge in [0.2, 0.25) is 5.91 Å². The Kier molecular flexibility index (Phi) is 5.20. The second kappa shape index (κ2) is 5.67. The molecule has 6 heteroatoms. The monoisotopic (exact) mass is 245 g/mol. The maximum atomic E-state index is 11.6. The minimum Gasteiger partial charge on any atom is -0.320 e. The van der Waals surface area contributed by atoms with E-state index in [2.05, 4.69) is 5.32 Å². The largest absolute Gasteiger partial charge is 0.320 e. The molecule has 1 aromatic rings. The predicted octanol–water partition coefficient (Wildman–Crippen LogP) is 0.401. The number of aromatic nitrogens is 1. The summed E-state index contributed by atoms with van der Waals surface area (Å²) < 4.78 is 1.42. The lowest BCUT2D eigenvalue weighted by Gasteiger charge is -2.09. The standard InChI is InChI=1S/C10H15N3O2.ClH/c1-6-4-8(10(15)13(3)5-6)12-9(14)7(2)11;/h4-5,7H,11H2,1-3H3,(H,12,14);1H/t7-;/m0./s1. The van der Waals surface area contributed by atoms with E-state index in [1.54, 1.807) is 26.2 Å². The van der Waals surface area contributed by atoms with Crippen LogP contribution in [-0.4, -0.2) is 16.5 Å². The molecule has 90 valence electrons. The molecular weight excluding hydrogens is 230 g/mol. The summed E-state index contributed by atoms with van der Waals surface area (Å²) in [6.07, 6.45) is 1.70. The summed E-state index contributed by atoms with van der Waals surface area (Å²) >= 11 is 0. The molecule has 0 aliphatic heterocycles. The number of aryl methyl sites for hydroxylation is 2. The fourth-order valence-corrected chi connectivity index (χ4v) is 1.22.